The Morgan fingerprint density at radius 2 is 1.11 bits per heavy atom. The Balaban J connectivity index is 0. The van der Waals surface area contributed by atoms with E-state index in [0.717, 1.165) is 0 Å². The molecule has 0 N–H and O–H groups in total. The van der Waals surface area contributed by atoms with E-state index in [9.17, 15) is 0 Å². The number of hydrogen-bond acceptors (Lipinski definition) is 0. The van der Waals surface area contributed by atoms with Crippen LogP contribution in [-0.2, 0) is 0 Å². The van der Waals surface area contributed by atoms with E-state index in [4.69, 9.17) is 36.2 Å². The van der Waals surface area contributed by atoms with Crippen LogP contribution in [0.3, 0.4) is 0 Å². The average Bonchev–Trinajstić information content (AvgIpc) is 1.12. The molecule has 0 aliphatic carbocycles. The van der Waals surface area contributed by atoms with Crippen LogP contribution in [0, 0.1) is 0 Å². The van der Waals surface area contributed by atoms with Crippen molar-refractivity contribution in [2.45, 2.75) is 30.5 Å². The number of rotatable bonds is 0. The monoisotopic (exact) mass is 207 g/mol. The molecule has 0 aromatic carbocycles. The summed E-state index contributed by atoms with van der Waals surface area (Å²) in [6, 6.07) is 0. The number of alkyl halides is 3. The van der Waals surface area contributed by atoms with Crippen LogP contribution in [0.25, 0.3) is 0 Å². The fourth-order valence-electron chi connectivity index (χ4n) is 0. The third-order valence-electron chi connectivity index (χ3n) is 0. The molecule has 9 heavy (non-hydrogen) atoms. The summed E-state index contributed by atoms with van der Waals surface area (Å²) >= 11 is 14.2. The van der Waals surface area contributed by atoms with Crippen LogP contribution >= 0.6 is 34.8 Å². The van der Waals surface area contributed by atoms with Gasteiger partial charge in [0, 0.05) is 8.07 Å². The molecule has 0 unspecified atom stereocenters. The summed E-state index contributed by atoms with van der Waals surface area (Å²) in [5.74, 6) is 0. The summed E-state index contributed by atoms with van der Waals surface area (Å²) in [5.41, 5.74) is 0. The van der Waals surface area contributed by atoms with Crippen LogP contribution in [-0.4, -0.2) is 12.3 Å². The lowest BCUT2D eigenvalue weighted by Crippen LogP contribution is -2.10. The Morgan fingerprint density at radius 1 is 1.11 bits per heavy atom. The molecule has 0 rings (SSSR count). The van der Waals surface area contributed by atoms with Crippen LogP contribution in [0.1, 0.15) is 1.37 Å². The first-order valence-electron chi connectivity index (χ1n) is 3.07. The van der Waals surface area contributed by atoms with Gasteiger partial charge in [0.2, 0.25) is 0 Å². The van der Waals surface area contributed by atoms with Gasteiger partial charge in [-0.25, -0.2) is 0 Å². The zero-order valence-electron chi connectivity index (χ0n) is 7.13. The first-order valence-corrected chi connectivity index (χ1v) is 7.70. The summed E-state index contributed by atoms with van der Waals surface area (Å²) < 4.78 is 4.40. The summed E-state index contributed by atoms with van der Waals surface area (Å²) in [6.45, 7) is 9.31. The lowest BCUT2D eigenvalue weighted by molar-refractivity contribution is 1.71. The van der Waals surface area contributed by atoms with Crippen LogP contribution in [0.4, 0.5) is 0 Å². The van der Waals surface area contributed by atoms with Crippen molar-refractivity contribution in [1.82, 2.24) is 0 Å². The van der Waals surface area contributed by atoms with Gasteiger partial charge in [0.15, 0.2) is 4.27 Å². The van der Waals surface area contributed by atoms with E-state index in [1.54, 1.807) is 0 Å². The zero-order valence-corrected chi connectivity index (χ0v) is 9.40. The van der Waals surface area contributed by atoms with E-state index in [-0.39, 0.29) is 0 Å². The summed E-state index contributed by atoms with van der Waals surface area (Å²) in [6.07, 6.45) is 0. The highest BCUT2D eigenvalue weighted by atomic mass is 35.6. The van der Waals surface area contributed by atoms with Crippen molar-refractivity contribution in [3.05, 3.63) is 0 Å². The first-order chi connectivity index (χ1) is 4.00. The Morgan fingerprint density at radius 3 is 1.11 bits per heavy atom. The highest BCUT2D eigenvalue weighted by Gasteiger charge is 1.99. The standard InChI is InChI=1S/C4H12Si.CHCl3/c1-5(2,3)4;2-1(3)4/h1-4H3;1H/i;1D. The Kier molecular flexibility index (Phi) is 6.55. The van der Waals surface area contributed by atoms with Gasteiger partial charge in [0.1, 0.15) is 0 Å². The second kappa shape index (κ2) is 5.84. The van der Waals surface area contributed by atoms with Crippen molar-refractivity contribution >= 4 is 42.9 Å². The number of hydrogen-bond donors (Lipinski definition) is 0. The smallest absolute Gasteiger partial charge is 0.0874 e. The molecule has 0 aliphatic heterocycles. The molecular weight excluding hydrogens is 194 g/mol. The highest BCUT2D eigenvalue weighted by molar-refractivity contribution is 6.74. The maximum Gasteiger partial charge on any atom is 0.180 e. The molecule has 0 radical (unpaired) electrons. The Hall–Kier alpha value is 1.09. The van der Waals surface area contributed by atoms with Gasteiger partial charge in [0.05, 0.1) is 1.37 Å². The molecule has 0 nitrogen and oxygen atoms in total. The molecule has 0 saturated carbocycles. The minimum atomic E-state index is -1.83. The summed E-state index contributed by atoms with van der Waals surface area (Å²) in [7, 11) is -0.611. The maximum absolute atomic E-state index is 6.23. The van der Waals surface area contributed by atoms with E-state index in [1.807, 2.05) is 0 Å². The summed E-state index contributed by atoms with van der Waals surface area (Å²) in [5, 5.41) is 0. The van der Waals surface area contributed by atoms with Crippen molar-refractivity contribution < 1.29 is 1.37 Å². The predicted molar refractivity (Wildman–Crippen MR) is 50.6 cm³/mol. The van der Waals surface area contributed by atoms with Crippen LogP contribution < -0.4 is 0 Å². The van der Waals surface area contributed by atoms with Crippen molar-refractivity contribution in [3.63, 3.8) is 0 Å². The second-order valence-electron chi connectivity index (χ2n) is 3.21. The minimum Gasteiger partial charge on any atom is -0.0874 e. The Labute approximate surface area is 74.9 Å². The molecule has 0 aliphatic rings. The minimum absolute atomic E-state index is 0.611. The third kappa shape index (κ3) is 386. The van der Waals surface area contributed by atoms with Crippen molar-refractivity contribution in [2.75, 3.05) is 0 Å². The van der Waals surface area contributed by atoms with Gasteiger partial charge >= 0.3 is 0 Å². The Bertz CT molecular complexity index is 59.9. The fraction of sp³-hybridized carbons (Fsp3) is 1.00. The fourth-order valence-corrected chi connectivity index (χ4v) is 0. The van der Waals surface area contributed by atoms with Crippen LogP contribution in [0.5, 0.6) is 0 Å². The van der Waals surface area contributed by atoms with Gasteiger partial charge in [-0.05, 0) is 0 Å². The largest absolute Gasteiger partial charge is 0.180 e. The van der Waals surface area contributed by atoms with Crippen molar-refractivity contribution in [1.29, 1.82) is 0 Å². The second-order valence-corrected chi connectivity index (χ2v) is 10.9. The average molecular weight is 209 g/mol. The normalized spacial score (nSPS) is 13.4. The van der Waals surface area contributed by atoms with Crippen LogP contribution in [0.2, 0.25) is 26.2 Å². The van der Waals surface area contributed by atoms with Crippen molar-refractivity contribution in [3.8, 4) is 0 Å². The topological polar surface area (TPSA) is 0 Å². The quantitative estimate of drug-likeness (QED) is 0.418. The van der Waals surface area contributed by atoms with E-state index in [0.29, 0.717) is 0 Å². The van der Waals surface area contributed by atoms with Gasteiger partial charge in [-0.15, -0.1) is 0 Å². The van der Waals surface area contributed by atoms with Gasteiger partial charge in [-0.1, -0.05) is 61.0 Å². The lowest BCUT2D eigenvalue weighted by atomic mass is 11.8. The van der Waals surface area contributed by atoms with E-state index in [1.165, 1.54) is 0 Å². The molecule has 58 valence electrons. The van der Waals surface area contributed by atoms with Gasteiger partial charge < -0.3 is 0 Å². The van der Waals surface area contributed by atoms with Gasteiger partial charge in [0.25, 0.3) is 0 Å². The molecule has 0 saturated heterocycles. The summed E-state index contributed by atoms with van der Waals surface area (Å²) in [4.78, 5) is 0. The van der Waals surface area contributed by atoms with Gasteiger partial charge in [-0.3, -0.25) is 0 Å². The van der Waals surface area contributed by atoms with Crippen molar-refractivity contribution in [2.24, 2.45) is 0 Å². The van der Waals surface area contributed by atoms with Crippen LogP contribution in [0.15, 0.2) is 0 Å². The molecule has 0 aromatic heterocycles. The molecular formula is C5H13Cl3Si. The predicted octanol–water partition coefficient (Wildman–Crippen LogP) is 3.94. The van der Waals surface area contributed by atoms with E-state index < -0.39 is 12.3 Å². The number of halogens is 3. The van der Waals surface area contributed by atoms with Gasteiger partial charge in [-0.2, -0.15) is 0 Å². The third-order valence-corrected chi connectivity index (χ3v) is 0. The molecule has 0 amide bonds. The molecule has 0 atom stereocenters. The lowest BCUT2D eigenvalue weighted by Gasteiger charge is -2.01. The molecule has 0 aromatic rings. The van der Waals surface area contributed by atoms with E-state index >= 15 is 0 Å². The SMILES string of the molecule is C[Si](C)(C)C.[2H]C(Cl)(Cl)Cl. The molecule has 0 heterocycles. The maximum atomic E-state index is 6.23. The molecule has 4 heteroatoms. The van der Waals surface area contributed by atoms with E-state index in [2.05, 4.69) is 26.2 Å². The zero-order chi connectivity index (χ0) is 9.00. The highest BCUT2D eigenvalue weighted by Crippen LogP contribution is 2.03. The first kappa shape index (κ1) is 10.1. The molecule has 0 spiro atoms. The molecule has 0 bridgehead atoms. The molecule has 0 fully saturated rings.